The van der Waals surface area contributed by atoms with Gasteiger partial charge < -0.3 is 14.0 Å². The van der Waals surface area contributed by atoms with E-state index in [0.717, 1.165) is 42.1 Å². The van der Waals surface area contributed by atoms with Gasteiger partial charge >= 0.3 is 0 Å². The maximum atomic E-state index is 5.66. The molecule has 0 spiro atoms. The Labute approximate surface area is 141 Å². The fourth-order valence-corrected chi connectivity index (χ4v) is 2.23. The second-order valence-corrected chi connectivity index (χ2v) is 5.38. The molecule has 0 fully saturated rings. The van der Waals surface area contributed by atoms with E-state index in [9.17, 15) is 0 Å². The van der Waals surface area contributed by atoms with Crippen molar-refractivity contribution in [2.75, 3.05) is 13.7 Å². The Balaban J connectivity index is 1.72. The molecule has 0 N–H and O–H groups in total. The first kappa shape index (κ1) is 16.1. The Hall–Kier alpha value is -2.82. The minimum Gasteiger partial charge on any atom is -0.497 e. The zero-order valence-corrected chi connectivity index (χ0v) is 13.9. The van der Waals surface area contributed by atoms with Crippen LogP contribution in [0.2, 0.25) is 0 Å². The molecule has 0 bridgehead atoms. The Kier molecular flexibility index (Phi) is 5.11. The first-order chi connectivity index (χ1) is 11.8. The molecule has 0 amide bonds. The summed E-state index contributed by atoms with van der Waals surface area (Å²) < 4.78 is 16.2. The van der Waals surface area contributed by atoms with E-state index in [2.05, 4.69) is 17.1 Å². The first-order valence-electron chi connectivity index (χ1n) is 8.01. The van der Waals surface area contributed by atoms with E-state index < -0.39 is 0 Å². The van der Waals surface area contributed by atoms with Crippen LogP contribution in [0.4, 0.5) is 0 Å². The van der Waals surface area contributed by atoms with E-state index in [1.54, 1.807) is 7.11 Å². The Morgan fingerprint density at radius 3 is 2.25 bits per heavy atom. The summed E-state index contributed by atoms with van der Waals surface area (Å²) in [6, 6.07) is 15.2. The summed E-state index contributed by atoms with van der Waals surface area (Å²) in [5.41, 5.74) is 1.75. The lowest BCUT2D eigenvalue weighted by atomic mass is 10.2. The van der Waals surface area contributed by atoms with Crippen LogP contribution < -0.4 is 9.47 Å². The molecule has 0 unspecified atom stereocenters. The van der Waals surface area contributed by atoms with Crippen LogP contribution >= 0.6 is 0 Å². The molecule has 0 aliphatic rings. The molecule has 124 valence electrons. The third-order valence-electron chi connectivity index (χ3n) is 3.64. The number of ether oxygens (including phenoxy) is 2. The topological polar surface area (TPSA) is 57.4 Å². The number of rotatable bonds is 7. The van der Waals surface area contributed by atoms with Crippen LogP contribution in [0.5, 0.6) is 11.5 Å². The lowest BCUT2D eigenvalue weighted by Gasteiger charge is -2.04. The van der Waals surface area contributed by atoms with Crippen molar-refractivity contribution in [3.05, 3.63) is 48.5 Å². The van der Waals surface area contributed by atoms with Crippen molar-refractivity contribution >= 4 is 0 Å². The molecule has 0 atom stereocenters. The number of benzene rings is 2. The number of nitrogens with zero attached hydrogens (tertiary/aromatic N) is 2. The van der Waals surface area contributed by atoms with Gasteiger partial charge in [-0.25, -0.2) is 0 Å². The normalized spacial score (nSPS) is 10.6. The van der Waals surface area contributed by atoms with Gasteiger partial charge in [0.05, 0.1) is 13.7 Å². The van der Waals surface area contributed by atoms with Gasteiger partial charge in [0.15, 0.2) is 0 Å². The molecular formula is C19H20N2O3. The number of aromatic nitrogens is 2. The van der Waals surface area contributed by atoms with E-state index in [-0.39, 0.29) is 0 Å². The van der Waals surface area contributed by atoms with Crippen molar-refractivity contribution < 1.29 is 14.0 Å². The van der Waals surface area contributed by atoms with E-state index >= 15 is 0 Å². The minimum absolute atomic E-state index is 0.487. The van der Waals surface area contributed by atoms with Crippen LogP contribution in [-0.2, 0) is 0 Å². The zero-order valence-electron chi connectivity index (χ0n) is 13.9. The maximum Gasteiger partial charge on any atom is 0.258 e. The number of methoxy groups -OCH3 is 1. The van der Waals surface area contributed by atoms with Gasteiger partial charge in [-0.2, -0.15) is 4.98 Å². The molecule has 3 aromatic rings. The van der Waals surface area contributed by atoms with E-state index in [4.69, 9.17) is 14.0 Å². The van der Waals surface area contributed by atoms with Gasteiger partial charge in [-0.1, -0.05) is 18.5 Å². The molecule has 1 heterocycles. The molecule has 0 aliphatic heterocycles. The molecule has 3 rings (SSSR count). The third-order valence-corrected chi connectivity index (χ3v) is 3.64. The number of unbranched alkanes of at least 4 members (excludes halogenated alkanes) is 1. The van der Waals surface area contributed by atoms with Crippen molar-refractivity contribution in [1.29, 1.82) is 0 Å². The molecule has 5 nitrogen and oxygen atoms in total. The second-order valence-electron chi connectivity index (χ2n) is 5.38. The third kappa shape index (κ3) is 3.74. The molecule has 24 heavy (non-hydrogen) atoms. The van der Waals surface area contributed by atoms with Gasteiger partial charge in [0.25, 0.3) is 5.89 Å². The summed E-state index contributed by atoms with van der Waals surface area (Å²) >= 11 is 0. The summed E-state index contributed by atoms with van der Waals surface area (Å²) in [7, 11) is 1.64. The SMILES string of the molecule is CCCCOc1ccc(-c2nc(-c3ccc(OC)cc3)no2)cc1. The van der Waals surface area contributed by atoms with Gasteiger partial charge in [0.1, 0.15) is 11.5 Å². The summed E-state index contributed by atoms with van der Waals surface area (Å²) in [5.74, 6) is 2.68. The average molecular weight is 324 g/mol. The molecule has 0 saturated carbocycles. The van der Waals surface area contributed by atoms with Crippen molar-refractivity contribution in [3.8, 4) is 34.3 Å². The standard InChI is InChI=1S/C19H20N2O3/c1-3-4-13-23-17-11-7-15(8-12-17)19-20-18(21-24-19)14-5-9-16(22-2)10-6-14/h5-12H,3-4,13H2,1-2H3. The van der Waals surface area contributed by atoms with Crippen LogP contribution in [-0.4, -0.2) is 23.9 Å². The maximum absolute atomic E-state index is 5.66. The number of hydrogen-bond donors (Lipinski definition) is 0. The van der Waals surface area contributed by atoms with Crippen LogP contribution in [0, 0.1) is 0 Å². The van der Waals surface area contributed by atoms with Crippen molar-refractivity contribution in [1.82, 2.24) is 10.1 Å². The fraction of sp³-hybridized carbons (Fsp3) is 0.263. The smallest absolute Gasteiger partial charge is 0.258 e. The van der Waals surface area contributed by atoms with Crippen LogP contribution in [0.15, 0.2) is 53.1 Å². The minimum atomic E-state index is 0.487. The highest BCUT2D eigenvalue weighted by atomic mass is 16.5. The summed E-state index contributed by atoms with van der Waals surface area (Å²) in [5, 5.41) is 4.04. The second kappa shape index (κ2) is 7.64. The summed E-state index contributed by atoms with van der Waals surface area (Å²) in [6.45, 7) is 2.88. The Morgan fingerprint density at radius 2 is 1.58 bits per heavy atom. The van der Waals surface area contributed by atoms with Gasteiger partial charge in [-0.15, -0.1) is 0 Å². The summed E-state index contributed by atoms with van der Waals surface area (Å²) in [6.07, 6.45) is 2.17. The molecule has 5 heteroatoms. The molecule has 2 aromatic carbocycles. The van der Waals surface area contributed by atoms with Crippen LogP contribution in [0.25, 0.3) is 22.8 Å². The monoisotopic (exact) mass is 324 g/mol. The van der Waals surface area contributed by atoms with E-state index in [0.29, 0.717) is 11.7 Å². The predicted molar refractivity (Wildman–Crippen MR) is 92.1 cm³/mol. The molecular weight excluding hydrogens is 304 g/mol. The number of hydrogen-bond acceptors (Lipinski definition) is 5. The predicted octanol–water partition coefficient (Wildman–Crippen LogP) is 4.59. The molecule has 1 aromatic heterocycles. The molecule has 0 radical (unpaired) electrons. The summed E-state index contributed by atoms with van der Waals surface area (Å²) in [4.78, 5) is 4.45. The average Bonchev–Trinajstić information content (AvgIpc) is 3.13. The lowest BCUT2D eigenvalue weighted by molar-refractivity contribution is 0.309. The van der Waals surface area contributed by atoms with E-state index in [1.165, 1.54) is 0 Å². The first-order valence-corrected chi connectivity index (χ1v) is 8.01. The Bertz CT molecular complexity index is 764. The van der Waals surface area contributed by atoms with Crippen molar-refractivity contribution in [2.45, 2.75) is 19.8 Å². The van der Waals surface area contributed by atoms with E-state index in [1.807, 2.05) is 48.5 Å². The van der Waals surface area contributed by atoms with Crippen molar-refractivity contribution in [3.63, 3.8) is 0 Å². The van der Waals surface area contributed by atoms with Gasteiger partial charge in [0.2, 0.25) is 5.82 Å². The van der Waals surface area contributed by atoms with Gasteiger partial charge in [-0.05, 0) is 55.0 Å². The highest BCUT2D eigenvalue weighted by Crippen LogP contribution is 2.25. The fourth-order valence-electron chi connectivity index (χ4n) is 2.23. The quantitative estimate of drug-likeness (QED) is 0.595. The Morgan fingerprint density at radius 1 is 0.917 bits per heavy atom. The molecule has 0 saturated heterocycles. The molecule has 0 aliphatic carbocycles. The van der Waals surface area contributed by atoms with Crippen LogP contribution in [0.3, 0.4) is 0 Å². The highest BCUT2D eigenvalue weighted by Gasteiger charge is 2.10. The van der Waals surface area contributed by atoms with Crippen LogP contribution in [0.1, 0.15) is 19.8 Å². The zero-order chi connectivity index (χ0) is 16.8. The van der Waals surface area contributed by atoms with Crippen molar-refractivity contribution in [2.24, 2.45) is 0 Å². The van der Waals surface area contributed by atoms with Gasteiger partial charge in [-0.3, -0.25) is 0 Å². The highest BCUT2D eigenvalue weighted by molar-refractivity contribution is 5.60. The largest absolute Gasteiger partial charge is 0.497 e. The van der Waals surface area contributed by atoms with Gasteiger partial charge in [0, 0.05) is 11.1 Å². The lowest BCUT2D eigenvalue weighted by Crippen LogP contribution is -1.95.